The van der Waals surface area contributed by atoms with Crippen LogP contribution in [-0.4, -0.2) is 55.5 Å². The van der Waals surface area contributed by atoms with Gasteiger partial charge in [-0.2, -0.15) is 0 Å². The molecule has 21 heavy (non-hydrogen) atoms. The van der Waals surface area contributed by atoms with E-state index in [1.54, 1.807) is 0 Å². The van der Waals surface area contributed by atoms with Gasteiger partial charge < -0.3 is 10.2 Å². The number of carbonyl (C=O) groups excluding carboxylic acids is 1. The standard InChI is InChI=1S/C17H27N3O/c1-15-5-3-6-16(13-15)14-19-9-11-20(12-10-19)17(21)7-4-8-18-2/h3,5-6,13,18H,4,7-12,14H2,1-2H3. The Labute approximate surface area is 128 Å². The van der Waals surface area contributed by atoms with E-state index in [0.717, 1.165) is 45.7 Å². The Hall–Kier alpha value is -1.39. The van der Waals surface area contributed by atoms with Crippen LogP contribution in [0.5, 0.6) is 0 Å². The molecule has 0 radical (unpaired) electrons. The minimum absolute atomic E-state index is 0.306. The number of hydrogen-bond donors (Lipinski definition) is 1. The summed E-state index contributed by atoms with van der Waals surface area (Å²) in [5.41, 5.74) is 2.68. The maximum Gasteiger partial charge on any atom is 0.222 e. The largest absolute Gasteiger partial charge is 0.340 e. The first-order valence-electron chi connectivity index (χ1n) is 7.89. The first-order chi connectivity index (χ1) is 10.2. The molecule has 1 aromatic rings. The summed E-state index contributed by atoms with van der Waals surface area (Å²) >= 11 is 0. The third-order valence-electron chi connectivity index (χ3n) is 4.03. The van der Waals surface area contributed by atoms with Gasteiger partial charge in [-0.3, -0.25) is 9.69 Å². The SMILES string of the molecule is CNCCCC(=O)N1CCN(Cc2cccc(C)c2)CC1. The van der Waals surface area contributed by atoms with Gasteiger partial charge >= 0.3 is 0 Å². The van der Waals surface area contributed by atoms with Crippen LogP contribution < -0.4 is 5.32 Å². The molecule has 2 rings (SSSR count). The Morgan fingerprint density at radius 1 is 1.24 bits per heavy atom. The highest BCUT2D eigenvalue weighted by Crippen LogP contribution is 2.11. The van der Waals surface area contributed by atoms with E-state index >= 15 is 0 Å². The van der Waals surface area contributed by atoms with Gasteiger partial charge in [-0.25, -0.2) is 0 Å². The first-order valence-corrected chi connectivity index (χ1v) is 7.89. The maximum absolute atomic E-state index is 12.1. The van der Waals surface area contributed by atoms with Crippen molar-refractivity contribution in [2.45, 2.75) is 26.3 Å². The maximum atomic E-state index is 12.1. The quantitative estimate of drug-likeness (QED) is 0.809. The molecule has 0 saturated carbocycles. The molecule has 4 heteroatoms. The number of benzene rings is 1. The van der Waals surface area contributed by atoms with Crippen molar-refractivity contribution < 1.29 is 4.79 Å². The lowest BCUT2D eigenvalue weighted by atomic mass is 10.1. The summed E-state index contributed by atoms with van der Waals surface area (Å²) < 4.78 is 0. The summed E-state index contributed by atoms with van der Waals surface area (Å²) in [5, 5.41) is 3.09. The van der Waals surface area contributed by atoms with Gasteiger partial charge in [0.25, 0.3) is 0 Å². The number of aryl methyl sites for hydroxylation is 1. The Kier molecular flexibility index (Phi) is 6.21. The van der Waals surface area contributed by atoms with Gasteiger partial charge in [-0.05, 0) is 32.5 Å². The molecule has 0 spiro atoms. The Morgan fingerprint density at radius 2 is 2.00 bits per heavy atom. The number of hydrogen-bond acceptors (Lipinski definition) is 3. The van der Waals surface area contributed by atoms with Crippen molar-refractivity contribution in [3.63, 3.8) is 0 Å². The van der Waals surface area contributed by atoms with Gasteiger partial charge in [0.15, 0.2) is 0 Å². The van der Waals surface area contributed by atoms with Crippen molar-refractivity contribution in [1.29, 1.82) is 0 Å². The van der Waals surface area contributed by atoms with E-state index in [-0.39, 0.29) is 0 Å². The van der Waals surface area contributed by atoms with Gasteiger partial charge in [-0.15, -0.1) is 0 Å². The number of amides is 1. The number of carbonyl (C=O) groups is 1. The zero-order valence-corrected chi connectivity index (χ0v) is 13.3. The van der Waals surface area contributed by atoms with Crippen LogP contribution in [0.25, 0.3) is 0 Å². The molecule has 4 nitrogen and oxygen atoms in total. The van der Waals surface area contributed by atoms with Crippen molar-refractivity contribution in [3.05, 3.63) is 35.4 Å². The Balaban J connectivity index is 1.74. The average molecular weight is 289 g/mol. The van der Waals surface area contributed by atoms with Gasteiger partial charge in [-0.1, -0.05) is 29.8 Å². The van der Waals surface area contributed by atoms with Gasteiger partial charge in [0.1, 0.15) is 0 Å². The number of nitrogens with zero attached hydrogens (tertiary/aromatic N) is 2. The van der Waals surface area contributed by atoms with Gasteiger partial charge in [0.2, 0.25) is 5.91 Å². The van der Waals surface area contributed by atoms with Crippen LogP contribution in [-0.2, 0) is 11.3 Å². The lowest BCUT2D eigenvalue weighted by Crippen LogP contribution is -2.48. The zero-order valence-electron chi connectivity index (χ0n) is 13.3. The molecule has 1 amide bonds. The third kappa shape index (κ3) is 5.14. The Morgan fingerprint density at radius 3 is 2.67 bits per heavy atom. The van der Waals surface area contributed by atoms with E-state index in [4.69, 9.17) is 0 Å². The molecule has 116 valence electrons. The highest BCUT2D eigenvalue weighted by molar-refractivity contribution is 5.76. The predicted octanol–water partition coefficient (Wildman–Crippen LogP) is 1.64. The van der Waals surface area contributed by atoms with E-state index in [2.05, 4.69) is 41.4 Å². The molecule has 1 aromatic carbocycles. The van der Waals surface area contributed by atoms with Crippen molar-refractivity contribution in [2.24, 2.45) is 0 Å². The molecule has 1 aliphatic heterocycles. The molecule has 0 unspecified atom stereocenters. The fraction of sp³-hybridized carbons (Fsp3) is 0.588. The second kappa shape index (κ2) is 8.15. The molecule has 1 N–H and O–H groups in total. The molecular weight excluding hydrogens is 262 g/mol. The lowest BCUT2D eigenvalue weighted by Gasteiger charge is -2.35. The molecule has 1 fully saturated rings. The lowest BCUT2D eigenvalue weighted by molar-refractivity contribution is -0.133. The number of piperazine rings is 1. The summed E-state index contributed by atoms with van der Waals surface area (Å²) in [6.07, 6.45) is 1.59. The summed E-state index contributed by atoms with van der Waals surface area (Å²) in [6, 6.07) is 8.68. The highest BCUT2D eigenvalue weighted by atomic mass is 16.2. The van der Waals surface area contributed by atoms with Crippen LogP contribution in [0.15, 0.2) is 24.3 Å². The molecule has 1 aliphatic rings. The summed E-state index contributed by atoms with van der Waals surface area (Å²) in [6.45, 7) is 7.72. The van der Waals surface area contributed by atoms with E-state index in [9.17, 15) is 4.79 Å². The van der Waals surface area contributed by atoms with Crippen molar-refractivity contribution in [1.82, 2.24) is 15.1 Å². The summed E-state index contributed by atoms with van der Waals surface area (Å²) in [4.78, 5) is 16.5. The van der Waals surface area contributed by atoms with Crippen LogP contribution in [0.2, 0.25) is 0 Å². The average Bonchev–Trinajstić information content (AvgIpc) is 2.48. The van der Waals surface area contributed by atoms with Crippen LogP contribution in [0.1, 0.15) is 24.0 Å². The summed E-state index contributed by atoms with van der Waals surface area (Å²) in [7, 11) is 1.93. The van der Waals surface area contributed by atoms with Crippen molar-refractivity contribution in [3.8, 4) is 0 Å². The molecule has 1 heterocycles. The molecule has 0 atom stereocenters. The van der Waals surface area contributed by atoms with E-state index in [0.29, 0.717) is 12.3 Å². The third-order valence-corrected chi connectivity index (χ3v) is 4.03. The van der Waals surface area contributed by atoms with Gasteiger partial charge in [0.05, 0.1) is 0 Å². The van der Waals surface area contributed by atoms with E-state index in [1.807, 2.05) is 11.9 Å². The minimum Gasteiger partial charge on any atom is -0.340 e. The smallest absolute Gasteiger partial charge is 0.222 e. The molecule has 0 aromatic heterocycles. The molecule has 0 bridgehead atoms. The first kappa shape index (κ1) is 16.0. The number of nitrogens with one attached hydrogen (secondary N) is 1. The minimum atomic E-state index is 0.306. The van der Waals surface area contributed by atoms with Crippen LogP contribution in [0, 0.1) is 6.92 Å². The van der Waals surface area contributed by atoms with Crippen molar-refractivity contribution >= 4 is 5.91 Å². The topological polar surface area (TPSA) is 35.6 Å². The number of rotatable bonds is 6. The predicted molar refractivity (Wildman–Crippen MR) is 86.2 cm³/mol. The normalized spacial score (nSPS) is 16.2. The van der Waals surface area contributed by atoms with Gasteiger partial charge in [0, 0.05) is 39.1 Å². The second-order valence-corrected chi connectivity index (χ2v) is 5.85. The molecule has 0 aliphatic carbocycles. The van der Waals surface area contributed by atoms with E-state index in [1.165, 1.54) is 11.1 Å². The molecular formula is C17H27N3O. The van der Waals surface area contributed by atoms with E-state index < -0.39 is 0 Å². The van der Waals surface area contributed by atoms with Crippen LogP contribution >= 0.6 is 0 Å². The van der Waals surface area contributed by atoms with Crippen LogP contribution in [0.4, 0.5) is 0 Å². The monoisotopic (exact) mass is 289 g/mol. The highest BCUT2D eigenvalue weighted by Gasteiger charge is 2.20. The molecule has 1 saturated heterocycles. The second-order valence-electron chi connectivity index (χ2n) is 5.85. The fourth-order valence-electron chi connectivity index (χ4n) is 2.80. The van der Waals surface area contributed by atoms with Crippen LogP contribution in [0.3, 0.4) is 0 Å². The Bertz CT molecular complexity index is 453. The fourth-order valence-corrected chi connectivity index (χ4v) is 2.80. The van der Waals surface area contributed by atoms with Crippen molar-refractivity contribution in [2.75, 3.05) is 39.8 Å². The zero-order chi connectivity index (χ0) is 15.1. The summed E-state index contributed by atoms with van der Waals surface area (Å²) in [5.74, 6) is 0.306.